The minimum absolute atomic E-state index is 0.0201. The molecule has 10 heteroatoms. The zero-order valence-corrected chi connectivity index (χ0v) is 19.5. The van der Waals surface area contributed by atoms with E-state index in [9.17, 15) is 19.2 Å². The number of nitrogens with zero attached hydrogens (tertiary/aromatic N) is 2. The van der Waals surface area contributed by atoms with Crippen molar-refractivity contribution in [1.82, 2.24) is 20.5 Å². The van der Waals surface area contributed by atoms with Gasteiger partial charge < -0.3 is 25.0 Å². The maximum Gasteiger partial charge on any atom is 0.310 e. The van der Waals surface area contributed by atoms with Crippen LogP contribution in [0.15, 0.2) is 18.5 Å². The van der Waals surface area contributed by atoms with Crippen LogP contribution in [0.25, 0.3) is 0 Å². The van der Waals surface area contributed by atoms with E-state index in [-0.39, 0.29) is 30.1 Å². The summed E-state index contributed by atoms with van der Waals surface area (Å²) in [7, 11) is 0. The van der Waals surface area contributed by atoms with E-state index in [4.69, 9.17) is 9.47 Å². The first-order valence-corrected chi connectivity index (χ1v) is 11.4. The predicted octanol–water partition coefficient (Wildman–Crippen LogP) is 0.930. The smallest absolute Gasteiger partial charge is 0.310 e. The number of likely N-dealkylation sites (tertiary alicyclic amines) is 1. The molecule has 2 N–H and O–H groups in total. The van der Waals surface area contributed by atoms with Gasteiger partial charge in [-0.15, -0.1) is 0 Å². The minimum Gasteiger partial charge on any atom is -0.433 e. The fourth-order valence-corrected chi connectivity index (χ4v) is 4.16. The molecule has 3 rings (SSSR count). The molecule has 3 amide bonds. The number of nitrogens with one attached hydrogen (secondary N) is 2. The molecule has 33 heavy (non-hydrogen) atoms. The Bertz CT molecular complexity index is 905. The quantitative estimate of drug-likeness (QED) is 0.553. The van der Waals surface area contributed by atoms with E-state index in [0.717, 1.165) is 5.56 Å². The number of hydrogen-bond donors (Lipinski definition) is 2. The fraction of sp³-hybridized carbons (Fsp3) is 0.609. The standard InChI is InChI=1S/C23H32N4O6/c1-5-32-23-16(11-18(28)33-23)25-21(30)17-7-6-10-27(17)22(31)19(13(2)3)26-20(29)15-12-24-9-8-14(15)4/h8-9,12-13,16-17,19,23H,5-7,10-11H2,1-4H3,(H,25,30)(H,26,29)/t16-,17-,19-,23+/m0/s1. The predicted molar refractivity (Wildman–Crippen MR) is 118 cm³/mol. The molecule has 0 bridgehead atoms. The van der Waals surface area contributed by atoms with E-state index < -0.39 is 30.4 Å². The second-order valence-corrected chi connectivity index (χ2v) is 8.71. The maximum absolute atomic E-state index is 13.4. The summed E-state index contributed by atoms with van der Waals surface area (Å²) in [5, 5.41) is 5.64. The largest absolute Gasteiger partial charge is 0.433 e. The lowest BCUT2D eigenvalue weighted by Crippen LogP contribution is -2.56. The molecule has 10 nitrogen and oxygen atoms in total. The Morgan fingerprint density at radius 2 is 2.09 bits per heavy atom. The van der Waals surface area contributed by atoms with Crippen molar-refractivity contribution in [1.29, 1.82) is 0 Å². The lowest BCUT2D eigenvalue weighted by Gasteiger charge is -2.31. The van der Waals surface area contributed by atoms with Gasteiger partial charge in [0.15, 0.2) is 0 Å². The third-order valence-electron chi connectivity index (χ3n) is 5.96. The Hall–Kier alpha value is -3.01. The van der Waals surface area contributed by atoms with Crippen molar-refractivity contribution >= 4 is 23.7 Å². The number of carbonyl (C=O) groups excluding carboxylic acids is 4. The molecule has 2 fully saturated rings. The number of aryl methyl sites for hydroxylation is 1. The summed E-state index contributed by atoms with van der Waals surface area (Å²) in [5.74, 6) is -1.67. The van der Waals surface area contributed by atoms with E-state index >= 15 is 0 Å². The zero-order chi connectivity index (χ0) is 24.1. The summed E-state index contributed by atoms with van der Waals surface area (Å²) in [5.41, 5.74) is 1.16. The van der Waals surface area contributed by atoms with E-state index in [1.807, 2.05) is 13.8 Å². The number of aromatic nitrogens is 1. The Labute approximate surface area is 193 Å². The molecule has 0 unspecified atom stereocenters. The first kappa shape index (κ1) is 24.6. The first-order chi connectivity index (χ1) is 15.7. The first-order valence-electron chi connectivity index (χ1n) is 11.4. The maximum atomic E-state index is 13.4. The van der Waals surface area contributed by atoms with Crippen molar-refractivity contribution in [3.05, 3.63) is 29.6 Å². The van der Waals surface area contributed by atoms with Gasteiger partial charge in [0.25, 0.3) is 5.91 Å². The number of carbonyl (C=O) groups is 4. The molecule has 4 atom stereocenters. The Morgan fingerprint density at radius 3 is 2.76 bits per heavy atom. The highest BCUT2D eigenvalue weighted by molar-refractivity contribution is 5.99. The van der Waals surface area contributed by atoms with Crippen molar-refractivity contribution in [2.75, 3.05) is 13.2 Å². The van der Waals surface area contributed by atoms with Crippen LogP contribution in [0.5, 0.6) is 0 Å². The molecule has 2 aliphatic heterocycles. The Morgan fingerprint density at radius 1 is 1.33 bits per heavy atom. The van der Waals surface area contributed by atoms with Gasteiger partial charge in [0.1, 0.15) is 18.1 Å². The van der Waals surface area contributed by atoms with Crippen LogP contribution in [0, 0.1) is 12.8 Å². The van der Waals surface area contributed by atoms with Crippen LogP contribution >= 0.6 is 0 Å². The van der Waals surface area contributed by atoms with Crippen molar-refractivity contribution in [3.8, 4) is 0 Å². The van der Waals surface area contributed by atoms with Crippen LogP contribution in [-0.4, -0.2) is 71.1 Å². The highest BCUT2D eigenvalue weighted by Crippen LogP contribution is 2.23. The van der Waals surface area contributed by atoms with E-state index in [1.54, 1.807) is 26.1 Å². The number of hydrogen-bond acceptors (Lipinski definition) is 7. The minimum atomic E-state index is -0.831. The normalized spacial score (nSPS) is 23.4. The molecule has 0 spiro atoms. The van der Waals surface area contributed by atoms with Gasteiger partial charge in [-0.2, -0.15) is 0 Å². The number of amides is 3. The van der Waals surface area contributed by atoms with Gasteiger partial charge in [-0.25, -0.2) is 0 Å². The molecule has 0 aliphatic carbocycles. The molecule has 1 aromatic rings. The molecule has 3 heterocycles. The van der Waals surface area contributed by atoms with Crippen LogP contribution in [0.1, 0.15) is 56.0 Å². The van der Waals surface area contributed by atoms with Gasteiger partial charge in [-0.05, 0) is 44.2 Å². The highest BCUT2D eigenvalue weighted by atomic mass is 16.7. The molecule has 0 radical (unpaired) electrons. The topological polar surface area (TPSA) is 127 Å². The molecule has 2 aliphatic rings. The van der Waals surface area contributed by atoms with Crippen LogP contribution in [-0.2, 0) is 23.9 Å². The summed E-state index contributed by atoms with van der Waals surface area (Å²) in [6.07, 6.45) is 3.43. The van der Waals surface area contributed by atoms with E-state index in [2.05, 4.69) is 15.6 Å². The van der Waals surface area contributed by atoms with Crippen LogP contribution in [0.3, 0.4) is 0 Å². The van der Waals surface area contributed by atoms with E-state index in [1.165, 1.54) is 11.1 Å². The number of esters is 1. The molecular formula is C23H32N4O6. The van der Waals surface area contributed by atoms with Gasteiger partial charge in [-0.3, -0.25) is 24.2 Å². The monoisotopic (exact) mass is 460 g/mol. The third-order valence-corrected chi connectivity index (χ3v) is 5.96. The van der Waals surface area contributed by atoms with Gasteiger partial charge in [-0.1, -0.05) is 13.8 Å². The van der Waals surface area contributed by atoms with Crippen molar-refractivity contribution in [2.24, 2.45) is 5.92 Å². The molecule has 0 saturated carbocycles. The summed E-state index contributed by atoms with van der Waals surface area (Å²) < 4.78 is 10.5. The molecule has 0 aromatic carbocycles. The van der Waals surface area contributed by atoms with Gasteiger partial charge >= 0.3 is 5.97 Å². The van der Waals surface area contributed by atoms with Gasteiger partial charge in [0.05, 0.1) is 12.0 Å². The van der Waals surface area contributed by atoms with Crippen molar-refractivity contribution < 1.29 is 28.7 Å². The zero-order valence-electron chi connectivity index (χ0n) is 19.5. The Balaban J connectivity index is 1.70. The van der Waals surface area contributed by atoms with Gasteiger partial charge in [0, 0.05) is 25.5 Å². The number of pyridine rings is 1. The molecule has 2 saturated heterocycles. The lowest BCUT2D eigenvalue weighted by molar-refractivity contribution is -0.164. The summed E-state index contributed by atoms with van der Waals surface area (Å²) in [4.78, 5) is 56.4. The fourth-order valence-electron chi connectivity index (χ4n) is 4.16. The van der Waals surface area contributed by atoms with Crippen molar-refractivity contribution in [3.63, 3.8) is 0 Å². The third kappa shape index (κ3) is 5.68. The number of ether oxygens (including phenoxy) is 2. The lowest BCUT2D eigenvalue weighted by atomic mass is 10.0. The average molecular weight is 461 g/mol. The average Bonchev–Trinajstić information content (AvgIpc) is 3.38. The van der Waals surface area contributed by atoms with Crippen LogP contribution < -0.4 is 10.6 Å². The molecule has 180 valence electrons. The number of cyclic esters (lactones) is 1. The summed E-state index contributed by atoms with van der Waals surface area (Å²) in [6, 6.07) is -0.349. The Kier molecular flexibility index (Phi) is 8.01. The molecular weight excluding hydrogens is 428 g/mol. The summed E-state index contributed by atoms with van der Waals surface area (Å²) in [6.45, 7) is 8.02. The SMILES string of the molecule is CCO[C@@H]1OC(=O)C[C@@H]1NC(=O)[C@@H]1CCCN1C(=O)[C@@H](NC(=O)c1cnccc1C)C(C)C. The van der Waals surface area contributed by atoms with Crippen LogP contribution in [0.2, 0.25) is 0 Å². The van der Waals surface area contributed by atoms with E-state index in [0.29, 0.717) is 31.6 Å². The summed E-state index contributed by atoms with van der Waals surface area (Å²) >= 11 is 0. The van der Waals surface area contributed by atoms with Gasteiger partial charge in [0.2, 0.25) is 18.1 Å². The molecule has 1 aromatic heterocycles. The second-order valence-electron chi connectivity index (χ2n) is 8.71. The number of rotatable bonds is 8. The second kappa shape index (κ2) is 10.7. The van der Waals surface area contributed by atoms with Crippen LogP contribution in [0.4, 0.5) is 0 Å². The van der Waals surface area contributed by atoms with Crippen molar-refractivity contribution in [2.45, 2.75) is 71.4 Å². The highest BCUT2D eigenvalue weighted by Gasteiger charge is 2.42.